The summed E-state index contributed by atoms with van der Waals surface area (Å²) in [4.78, 5) is 0. The maximum Gasteiger partial charge on any atom is 0.492 e. The molecule has 0 aliphatic heterocycles. The highest BCUT2D eigenvalue weighted by Gasteiger charge is 2.19. The van der Waals surface area contributed by atoms with E-state index in [1.165, 1.54) is 25.3 Å². The lowest BCUT2D eigenvalue weighted by Gasteiger charge is -2.11. The topological polar surface area (TPSA) is 58.9 Å². The van der Waals surface area contributed by atoms with Crippen LogP contribution in [0.15, 0.2) is 18.2 Å². The van der Waals surface area contributed by atoms with Crippen LogP contribution in [0, 0.1) is 0 Å². The highest BCUT2D eigenvalue weighted by Crippen LogP contribution is 2.24. The number of para-hydroxylation sites is 1. The molecule has 0 saturated carbocycles. The van der Waals surface area contributed by atoms with Gasteiger partial charge in [-0.05, 0) is 6.07 Å². The van der Waals surface area contributed by atoms with E-state index < -0.39 is 14.0 Å². The summed E-state index contributed by atoms with van der Waals surface area (Å²) < 4.78 is 21.4. The van der Waals surface area contributed by atoms with Crippen molar-refractivity contribution >= 4 is 12.6 Å². The van der Waals surface area contributed by atoms with Crippen molar-refractivity contribution in [2.24, 2.45) is 0 Å². The molecule has 0 spiro atoms. The average Bonchev–Trinajstić information content (AvgIpc) is 2.18. The van der Waals surface area contributed by atoms with Crippen LogP contribution in [-0.4, -0.2) is 31.1 Å². The van der Waals surface area contributed by atoms with Gasteiger partial charge in [0.1, 0.15) is 0 Å². The molecule has 0 fully saturated rings. The maximum absolute atomic E-state index is 11.9. The third-order valence-electron chi connectivity index (χ3n) is 1.70. The van der Waals surface area contributed by atoms with Gasteiger partial charge in [0, 0.05) is 5.46 Å². The Hall–Kier alpha value is -1.27. The smallest absolute Gasteiger partial charge is 0.492 e. The van der Waals surface area contributed by atoms with Gasteiger partial charge < -0.3 is 19.5 Å². The van der Waals surface area contributed by atoms with Gasteiger partial charge in [0.2, 0.25) is 6.86 Å². The largest absolute Gasteiger partial charge is 0.493 e. The van der Waals surface area contributed by atoms with Crippen LogP contribution in [0.25, 0.3) is 0 Å². The van der Waals surface area contributed by atoms with Crippen LogP contribution < -0.4 is 14.9 Å². The van der Waals surface area contributed by atoms with Gasteiger partial charge in [0.25, 0.3) is 0 Å². The maximum atomic E-state index is 11.9. The van der Waals surface area contributed by atoms with E-state index in [1.54, 1.807) is 0 Å². The number of alkyl halides is 1. The van der Waals surface area contributed by atoms with Crippen LogP contribution in [-0.2, 0) is 0 Å². The predicted octanol–water partition coefficient (Wildman–Crippen LogP) is -0.319. The first-order valence-corrected chi connectivity index (χ1v) is 3.92. The molecule has 0 radical (unpaired) electrons. The first-order valence-electron chi connectivity index (χ1n) is 3.92. The van der Waals surface area contributed by atoms with Gasteiger partial charge in [0.15, 0.2) is 11.5 Å². The number of hydrogen-bond acceptors (Lipinski definition) is 4. The Morgan fingerprint density at radius 1 is 1.43 bits per heavy atom. The molecule has 1 aromatic carbocycles. The molecule has 4 nitrogen and oxygen atoms in total. The normalized spacial score (nSPS) is 9.71. The summed E-state index contributed by atoms with van der Waals surface area (Å²) in [5.74, 6) is 0.265. The van der Waals surface area contributed by atoms with Gasteiger partial charge in [-0.25, -0.2) is 4.39 Å². The minimum atomic E-state index is -1.67. The summed E-state index contributed by atoms with van der Waals surface area (Å²) in [5.41, 5.74) is 0.137. The molecular weight excluding hydrogens is 190 g/mol. The van der Waals surface area contributed by atoms with Crippen molar-refractivity contribution in [3.63, 3.8) is 0 Å². The number of hydrogen-bond donors (Lipinski definition) is 2. The van der Waals surface area contributed by atoms with Crippen molar-refractivity contribution in [2.75, 3.05) is 14.0 Å². The molecule has 1 aromatic rings. The molecule has 0 atom stereocenters. The van der Waals surface area contributed by atoms with Gasteiger partial charge in [-0.1, -0.05) is 12.1 Å². The zero-order valence-electron chi connectivity index (χ0n) is 7.61. The van der Waals surface area contributed by atoms with Gasteiger partial charge in [-0.2, -0.15) is 0 Å². The molecule has 0 aromatic heterocycles. The van der Waals surface area contributed by atoms with Crippen LogP contribution in [0.1, 0.15) is 0 Å². The third kappa shape index (κ3) is 2.15. The molecule has 0 unspecified atom stereocenters. The fourth-order valence-corrected chi connectivity index (χ4v) is 1.13. The second kappa shape index (κ2) is 4.83. The molecule has 1 rings (SSSR count). The fourth-order valence-electron chi connectivity index (χ4n) is 1.13. The van der Waals surface area contributed by atoms with Crippen molar-refractivity contribution < 1.29 is 23.9 Å². The molecule has 0 saturated heterocycles. The second-order valence-electron chi connectivity index (χ2n) is 2.51. The van der Waals surface area contributed by atoms with E-state index in [1.807, 2.05) is 0 Å². The summed E-state index contributed by atoms with van der Waals surface area (Å²) in [6, 6.07) is 4.45. The lowest BCUT2D eigenvalue weighted by molar-refractivity contribution is 0.185. The monoisotopic (exact) mass is 200 g/mol. The molecule has 0 bridgehead atoms. The van der Waals surface area contributed by atoms with Crippen LogP contribution in [0.4, 0.5) is 4.39 Å². The van der Waals surface area contributed by atoms with E-state index in [0.29, 0.717) is 0 Å². The van der Waals surface area contributed by atoms with E-state index in [-0.39, 0.29) is 17.0 Å². The number of ether oxygens (including phenoxy) is 2. The SMILES string of the molecule is COc1c(OCF)cccc1B(O)O. The molecule has 0 heterocycles. The van der Waals surface area contributed by atoms with Gasteiger partial charge in [-0.15, -0.1) is 0 Å². The number of halogens is 1. The van der Waals surface area contributed by atoms with E-state index in [4.69, 9.17) is 14.8 Å². The van der Waals surface area contributed by atoms with E-state index in [2.05, 4.69) is 4.74 Å². The lowest BCUT2D eigenvalue weighted by Crippen LogP contribution is -2.31. The summed E-state index contributed by atoms with van der Waals surface area (Å²) in [6.45, 7) is -0.999. The molecular formula is C8H10BFO4. The summed E-state index contributed by atoms with van der Waals surface area (Å²) >= 11 is 0. The van der Waals surface area contributed by atoms with Gasteiger partial charge in [0.05, 0.1) is 7.11 Å². The zero-order chi connectivity index (χ0) is 10.6. The quantitative estimate of drug-likeness (QED) is 0.654. The molecule has 0 aliphatic carbocycles. The molecule has 76 valence electrons. The Morgan fingerprint density at radius 2 is 2.14 bits per heavy atom. The third-order valence-corrected chi connectivity index (χ3v) is 1.70. The number of benzene rings is 1. The van der Waals surface area contributed by atoms with Crippen molar-refractivity contribution in [2.45, 2.75) is 0 Å². The standard InChI is InChI=1S/C8H10BFO4/c1-13-8-6(9(11)12)3-2-4-7(8)14-5-10/h2-4,11-12H,5H2,1H3. The molecule has 14 heavy (non-hydrogen) atoms. The van der Waals surface area contributed by atoms with Crippen LogP contribution in [0.5, 0.6) is 11.5 Å². The van der Waals surface area contributed by atoms with Crippen LogP contribution >= 0.6 is 0 Å². The molecule has 6 heteroatoms. The minimum absolute atomic E-state index is 0.125. The van der Waals surface area contributed by atoms with E-state index in [9.17, 15) is 4.39 Å². The molecule has 0 amide bonds. The number of methoxy groups -OCH3 is 1. The van der Waals surface area contributed by atoms with Crippen molar-refractivity contribution in [1.29, 1.82) is 0 Å². The number of rotatable bonds is 4. The minimum Gasteiger partial charge on any atom is -0.493 e. The van der Waals surface area contributed by atoms with Crippen LogP contribution in [0.2, 0.25) is 0 Å². The second-order valence-corrected chi connectivity index (χ2v) is 2.51. The summed E-state index contributed by atoms with van der Waals surface area (Å²) in [6.07, 6.45) is 0. The zero-order valence-corrected chi connectivity index (χ0v) is 7.61. The molecule has 0 aliphatic rings. The highest BCUT2D eigenvalue weighted by molar-refractivity contribution is 6.59. The highest BCUT2D eigenvalue weighted by atomic mass is 19.1. The van der Waals surface area contributed by atoms with Crippen LogP contribution in [0.3, 0.4) is 0 Å². The summed E-state index contributed by atoms with van der Waals surface area (Å²) in [7, 11) is -0.333. The summed E-state index contributed by atoms with van der Waals surface area (Å²) in [5, 5.41) is 17.9. The van der Waals surface area contributed by atoms with E-state index >= 15 is 0 Å². The Morgan fingerprint density at radius 3 is 2.64 bits per heavy atom. The van der Waals surface area contributed by atoms with Crippen molar-refractivity contribution in [3.05, 3.63) is 18.2 Å². The first-order chi connectivity index (χ1) is 6.70. The van der Waals surface area contributed by atoms with E-state index in [0.717, 1.165) is 0 Å². The average molecular weight is 200 g/mol. The Kier molecular flexibility index (Phi) is 3.73. The van der Waals surface area contributed by atoms with Crippen molar-refractivity contribution in [3.8, 4) is 11.5 Å². The fraction of sp³-hybridized carbons (Fsp3) is 0.250. The Balaban J connectivity index is 3.11. The van der Waals surface area contributed by atoms with Crippen molar-refractivity contribution in [1.82, 2.24) is 0 Å². The molecule has 2 N–H and O–H groups in total. The Labute approximate surface area is 81.0 Å². The lowest BCUT2D eigenvalue weighted by atomic mass is 9.79. The van der Waals surface area contributed by atoms with Gasteiger partial charge >= 0.3 is 7.12 Å². The first kappa shape index (κ1) is 10.8. The predicted molar refractivity (Wildman–Crippen MR) is 49.4 cm³/mol. The Bertz CT molecular complexity index is 305. The van der Waals surface area contributed by atoms with Gasteiger partial charge in [-0.3, -0.25) is 0 Å².